The van der Waals surface area contributed by atoms with Gasteiger partial charge in [0, 0.05) is 58.0 Å². The normalized spacial score (nSPS) is 11.5. The average molecular weight is 456 g/mol. The third-order valence-corrected chi connectivity index (χ3v) is 3.75. The summed E-state index contributed by atoms with van der Waals surface area (Å²) in [5.74, 6) is -3.70. The number of nitrogens with one attached hydrogen (secondary N) is 1. The third-order valence-electron chi connectivity index (χ3n) is 3.75. The zero-order valence-electron chi connectivity index (χ0n) is 16.5. The van der Waals surface area contributed by atoms with Gasteiger partial charge < -0.3 is 19.4 Å². The Balaban J connectivity index is 0.000000311. The van der Waals surface area contributed by atoms with Crippen LogP contribution < -0.4 is 5.32 Å². The Kier molecular flexibility index (Phi) is 10.0. The SMILES string of the molecule is CN(CCCn1ccnc1)C(=O)C(F)(F)F.O=C(NCCCn1ccnc1)C(F)(F)F. The largest absolute Gasteiger partial charge is 0.471 e. The van der Waals surface area contributed by atoms with Crippen molar-refractivity contribution in [2.45, 2.75) is 38.3 Å². The molecule has 2 rings (SSSR count). The molecular formula is C17H22F6N6O2. The predicted octanol–water partition coefficient (Wildman–Crippen LogP) is 2.25. The second-order valence-electron chi connectivity index (χ2n) is 6.29. The molecule has 2 aromatic rings. The van der Waals surface area contributed by atoms with E-state index in [9.17, 15) is 35.9 Å². The van der Waals surface area contributed by atoms with Crippen molar-refractivity contribution < 1.29 is 35.9 Å². The Hall–Kier alpha value is -3.06. The number of aromatic nitrogens is 4. The molecule has 0 atom stereocenters. The first-order chi connectivity index (χ1) is 14.4. The van der Waals surface area contributed by atoms with Gasteiger partial charge in [-0.1, -0.05) is 0 Å². The minimum absolute atomic E-state index is 0.00345. The monoisotopic (exact) mass is 456 g/mol. The highest BCUT2D eigenvalue weighted by Crippen LogP contribution is 2.17. The molecule has 2 heterocycles. The number of amides is 2. The van der Waals surface area contributed by atoms with Crippen molar-refractivity contribution in [3.05, 3.63) is 37.4 Å². The van der Waals surface area contributed by atoms with E-state index in [1.807, 2.05) is 0 Å². The standard InChI is InChI=1S/C9H12F3N3O.C8H10F3N3O/c1-14(8(16)9(10,11)12)4-2-5-15-6-3-13-7-15;9-8(10,11)7(15)13-2-1-4-14-5-3-12-6-14/h3,6-7H,2,4-5H2,1H3;3,5-6H,1-2,4H2,(H,13,15). The van der Waals surface area contributed by atoms with Gasteiger partial charge in [0.15, 0.2) is 0 Å². The van der Waals surface area contributed by atoms with E-state index in [4.69, 9.17) is 0 Å². The molecule has 1 N–H and O–H groups in total. The Morgan fingerprint density at radius 3 is 1.84 bits per heavy atom. The first-order valence-corrected chi connectivity index (χ1v) is 9.00. The van der Waals surface area contributed by atoms with E-state index in [0.717, 1.165) is 7.05 Å². The molecule has 14 heteroatoms. The van der Waals surface area contributed by atoms with Crippen molar-refractivity contribution in [2.24, 2.45) is 0 Å². The number of carbonyl (C=O) groups is 2. The second-order valence-corrected chi connectivity index (χ2v) is 6.29. The molecular weight excluding hydrogens is 434 g/mol. The molecule has 0 saturated carbocycles. The van der Waals surface area contributed by atoms with Crippen LogP contribution in [0.15, 0.2) is 37.4 Å². The first-order valence-electron chi connectivity index (χ1n) is 9.00. The molecule has 8 nitrogen and oxygen atoms in total. The molecule has 0 radical (unpaired) electrons. The van der Waals surface area contributed by atoms with Crippen molar-refractivity contribution in [2.75, 3.05) is 20.1 Å². The van der Waals surface area contributed by atoms with Crippen LogP contribution in [0.5, 0.6) is 0 Å². The van der Waals surface area contributed by atoms with Crippen LogP contribution in [0.2, 0.25) is 0 Å². The number of alkyl halides is 6. The minimum atomic E-state index is -4.80. The molecule has 174 valence electrons. The number of aryl methyl sites for hydroxylation is 2. The van der Waals surface area contributed by atoms with Crippen molar-refractivity contribution in [1.82, 2.24) is 29.3 Å². The molecule has 2 amide bonds. The lowest BCUT2D eigenvalue weighted by atomic mass is 10.3. The summed E-state index contributed by atoms with van der Waals surface area (Å²) >= 11 is 0. The van der Waals surface area contributed by atoms with Gasteiger partial charge in [-0.15, -0.1) is 0 Å². The smallest absolute Gasteiger partial charge is 0.348 e. The maximum absolute atomic E-state index is 12.0. The van der Waals surface area contributed by atoms with E-state index in [1.54, 1.807) is 51.9 Å². The molecule has 31 heavy (non-hydrogen) atoms. The van der Waals surface area contributed by atoms with Gasteiger partial charge in [-0.25, -0.2) is 9.97 Å². The Morgan fingerprint density at radius 1 is 0.903 bits per heavy atom. The molecule has 0 aliphatic carbocycles. The second kappa shape index (κ2) is 12.0. The van der Waals surface area contributed by atoms with Crippen LogP contribution in [-0.4, -0.2) is 68.3 Å². The maximum Gasteiger partial charge on any atom is 0.471 e. The zero-order chi connectivity index (χ0) is 23.5. The van der Waals surface area contributed by atoms with Gasteiger partial charge in [-0.3, -0.25) is 9.59 Å². The van der Waals surface area contributed by atoms with Crippen LogP contribution in [-0.2, 0) is 22.7 Å². The lowest BCUT2D eigenvalue weighted by molar-refractivity contribution is -0.184. The van der Waals surface area contributed by atoms with E-state index in [2.05, 4.69) is 9.97 Å². The quantitative estimate of drug-likeness (QED) is 0.488. The fraction of sp³-hybridized carbons (Fsp3) is 0.529. The predicted molar refractivity (Wildman–Crippen MR) is 96.4 cm³/mol. The van der Waals surface area contributed by atoms with Crippen molar-refractivity contribution >= 4 is 11.8 Å². The minimum Gasteiger partial charge on any atom is -0.348 e. The van der Waals surface area contributed by atoms with E-state index >= 15 is 0 Å². The number of imidazole rings is 2. The highest BCUT2D eigenvalue weighted by molar-refractivity contribution is 5.81. The van der Waals surface area contributed by atoms with Gasteiger partial charge in [0.2, 0.25) is 0 Å². The zero-order valence-corrected chi connectivity index (χ0v) is 16.5. The lowest BCUT2D eigenvalue weighted by Gasteiger charge is -2.18. The summed E-state index contributed by atoms with van der Waals surface area (Å²) in [5.41, 5.74) is 0. The molecule has 0 saturated heterocycles. The summed E-state index contributed by atoms with van der Waals surface area (Å²) in [6.45, 7) is 1.13. The van der Waals surface area contributed by atoms with Crippen molar-refractivity contribution in [3.63, 3.8) is 0 Å². The Labute approximate surface area is 173 Å². The van der Waals surface area contributed by atoms with Gasteiger partial charge in [0.1, 0.15) is 0 Å². The summed E-state index contributed by atoms with van der Waals surface area (Å²) in [5, 5.41) is 1.79. The van der Waals surface area contributed by atoms with Gasteiger partial charge in [-0.05, 0) is 12.8 Å². The molecule has 0 aromatic carbocycles. The molecule has 0 spiro atoms. The van der Waals surface area contributed by atoms with Crippen LogP contribution in [0, 0.1) is 0 Å². The summed E-state index contributed by atoms with van der Waals surface area (Å²) < 4.78 is 74.6. The molecule has 2 aromatic heterocycles. The number of carbonyl (C=O) groups excluding carboxylic acids is 2. The van der Waals surface area contributed by atoms with E-state index in [1.165, 1.54) is 0 Å². The Morgan fingerprint density at radius 2 is 1.42 bits per heavy atom. The van der Waals surface area contributed by atoms with Gasteiger partial charge >= 0.3 is 24.2 Å². The van der Waals surface area contributed by atoms with Crippen molar-refractivity contribution in [3.8, 4) is 0 Å². The number of nitrogens with zero attached hydrogens (tertiary/aromatic N) is 5. The Bertz CT molecular complexity index is 774. The number of halogens is 6. The van der Waals surface area contributed by atoms with E-state index < -0.39 is 24.2 Å². The first kappa shape index (κ1) is 26.0. The summed E-state index contributed by atoms with van der Waals surface area (Å²) in [7, 11) is 1.14. The summed E-state index contributed by atoms with van der Waals surface area (Å²) in [6.07, 6.45) is 1.01. The van der Waals surface area contributed by atoms with Crippen LogP contribution in [0.3, 0.4) is 0 Å². The molecule has 0 unspecified atom stereocenters. The summed E-state index contributed by atoms with van der Waals surface area (Å²) in [4.78, 5) is 29.4. The van der Waals surface area contributed by atoms with E-state index in [0.29, 0.717) is 30.8 Å². The van der Waals surface area contributed by atoms with Crippen LogP contribution in [0.25, 0.3) is 0 Å². The van der Waals surface area contributed by atoms with Crippen LogP contribution in [0.1, 0.15) is 12.8 Å². The number of hydrogen-bond acceptors (Lipinski definition) is 4. The molecule has 0 fully saturated rings. The van der Waals surface area contributed by atoms with Crippen LogP contribution >= 0.6 is 0 Å². The maximum atomic E-state index is 12.0. The molecule has 0 aliphatic rings. The fourth-order valence-electron chi connectivity index (χ4n) is 2.21. The summed E-state index contributed by atoms with van der Waals surface area (Å²) in [6, 6.07) is 0. The van der Waals surface area contributed by atoms with E-state index in [-0.39, 0.29) is 13.1 Å². The van der Waals surface area contributed by atoms with Gasteiger partial charge in [0.05, 0.1) is 12.7 Å². The fourth-order valence-corrected chi connectivity index (χ4v) is 2.21. The molecule has 0 aliphatic heterocycles. The van der Waals surface area contributed by atoms with Crippen LogP contribution in [0.4, 0.5) is 26.3 Å². The van der Waals surface area contributed by atoms with Crippen molar-refractivity contribution in [1.29, 1.82) is 0 Å². The topological polar surface area (TPSA) is 85.0 Å². The molecule has 0 bridgehead atoms. The number of rotatable bonds is 8. The highest BCUT2D eigenvalue weighted by atomic mass is 19.4. The van der Waals surface area contributed by atoms with Gasteiger partial charge in [-0.2, -0.15) is 26.3 Å². The number of hydrogen-bond donors (Lipinski definition) is 1. The highest BCUT2D eigenvalue weighted by Gasteiger charge is 2.41. The lowest BCUT2D eigenvalue weighted by Crippen LogP contribution is -2.39. The van der Waals surface area contributed by atoms with Gasteiger partial charge in [0.25, 0.3) is 0 Å². The third kappa shape index (κ3) is 10.5. The average Bonchev–Trinajstić information content (AvgIpc) is 3.37.